The van der Waals surface area contributed by atoms with Gasteiger partial charge >= 0.3 is 0 Å². The number of ether oxygens (including phenoxy) is 6. The molecule has 32 heavy (non-hydrogen) atoms. The second kappa shape index (κ2) is 10.2. The Morgan fingerprint density at radius 2 is 0.969 bits per heavy atom. The summed E-state index contributed by atoms with van der Waals surface area (Å²) >= 11 is 0. The van der Waals surface area contributed by atoms with E-state index in [0.29, 0.717) is 42.0 Å². The molecule has 6 fully saturated rings. The predicted octanol–water partition coefficient (Wildman–Crippen LogP) is 3.60. The molecule has 0 aromatic carbocycles. The van der Waals surface area contributed by atoms with E-state index in [1.54, 1.807) is 0 Å². The molecule has 6 aliphatic heterocycles. The third kappa shape index (κ3) is 4.78. The molecule has 6 heteroatoms. The summed E-state index contributed by atoms with van der Waals surface area (Å²) in [5.41, 5.74) is 0. The first-order valence-corrected chi connectivity index (χ1v) is 13.5. The van der Waals surface area contributed by atoms with Crippen LogP contribution in [0.1, 0.15) is 57.8 Å². The highest BCUT2D eigenvalue weighted by atomic mass is 16.6. The Hall–Kier alpha value is -0.240. The quantitative estimate of drug-likeness (QED) is 0.641. The van der Waals surface area contributed by atoms with Crippen molar-refractivity contribution in [2.24, 2.45) is 29.6 Å². The Balaban J connectivity index is 1.01. The van der Waals surface area contributed by atoms with Gasteiger partial charge < -0.3 is 28.4 Å². The lowest BCUT2D eigenvalue weighted by Crippen LogP contribution is -2.51. The highest BCUT2D eigenvalue weighted by molar-refractivity contribution is 4.93. The molecule has 0 aromatic rings. The summed E-state index contributed by atoms with van der Waals surface area (Å²) in [6, 6.07) is 0. The minimum Gasteiger partial charge on any atom is -0.381 e. The average molecular weight is 451 g/mol. The van der Waals surface area contributed by atoms with Gasteiger partial charge in [-0.15, -0.1) is 0 Å². The second-order valence-corrected chi connectivity index (χ2v) is 11.3. The van der Waals surface area contributed by atoms with Crippen LogP contribution in [0.4, 0.5) is 0 Å². The molecule has 0 saturated carbocycles. The van der Waals surface area contributed by atoms with Gasteiger partial charge in [-0.05, 0) is 69.6 Å². The third-order valence-electron chi connectivity index (χ3n) is 9.44. The number of hydrogen-bond acceptors (Lipinski definition) is 6. The van der Waals surface area contributed by atoms with Crippen molar-refractivity contribution in [1.29, 1.82) is 0 Å². The largest absolute Gasteiger partial charge is 0.381 e. The summed E-state index contributed by atoms with van der Waals surface area (Å²) in [6.07, 6.45) is 11.9. The van der Waals surface area contributed by atoms with Gasteiger partial charge in [-0.3, -0.25) is 0 Å². The van der Waals surface area contributed by atoms with Gasteiger partial charge in [0.15, 0.2) is 0 Å². The van der Waals surface area contributed by atoms with E-state index in [-0.39, 0.29) is 12.2 Å². The molecule has 0 amide bonds. The first kappa shape index (κ1) is 22.2. The average Bonchev–Trinajstić information content (AvgIpc) is 3.21. The lowest BCUT2D eigenvalue weighted by molar-refractivity contribution is -0.208. The van der Waals surface area contributed by atoms with E-state index in [4.69, 9.17) is 28.4 Å². The highest BCUT2D eigenvalue weighted by Crippen LogP contribution is 2.41. The molecule has 0 radical (unpaired) electrons. The zero-order valence-electron chi connectivity index (χ0n) is 19.5. The van der Waals surface area contributed by atoms with E-state index in [1.165, 1.54) is 19.3 Å². The molecule has 6 saturated heterocycles. The van der Waals surface area contributed by atoms with Crippen molar-refractivity contribution in [2.75, 3.05) is 46.2 Å². The van der Waals surface area contributed by atoms with Gasteiger partial charge in [0.25, 0.3) is 0 Å². The summed E-state index contributed by atoms with van der Waals surface area (Å²) in [6.45, 7) is 6.06. The van der Waals surface area contributed by atoms with Crippen LogP contribution in [0.25, 0.3) is 0 Å². The SMILES string of the molecule is C1CC2CCC(C3COC4CC(C5CCC6CCOCC6CO5)COC4C3)OC2CCO1. The first-order chi connectivity index (χ1) is 15.8. The van der Waals surface area contributed by atoms with E-state index in [9.17, 15) is 0 Å². The van der Waals surface area contributed by atoms with Gasteiger partial charge in [-0.25, -0.2) is 0 Å². The van der Waals surface area contributed by atoms with E-state index in [2.05, 4.69) is 0 Å². The van der Waals surface area contributed by atoms with Crippen LogP contribution >= 0.6 is 0 Å². The van der Waals surface area contributed by atoms with Crippen LogP contribution in [0.5, 0.6) is 0 Å². The molecule has 0 spiro atoms. The van der Waals surface area contributed by atoms with Gasteiger partial charge in [0.2, 0.25) is 0 Å². The van der Waals surface area contributed by atoms with Crippen LogP contribution in [-0.4, -0.2) is 76.8 Å². The second-order valence-electron chi connectivity index (χ2n) is 11.3. The summed E-state index contributed by atoms with van der Waals surface area (Å²) in [5.74, 6) is 3.00. The molecule has 0 bridgehead atoms. The van der Waals surface area contributed by atoms with Gasteiger partial charge in [-0.1, -0.05) is 0 Å². The van der Waals surface area contributed by atoms with Crippen molar-refractivity contribution in [3.63, 3.8) is 0 Å². The first-order valence-electron chi connectivity index (χ1n) is 13.5. The molecule has 0 aliphatic carbocycles. The van der Waals surface area contributed by atoms with Crippen LogP contribution < -0.4 is 0 Å². The molecule has 10 unspecified atom stereocenters. The van der Waals surface area contributed by atoms with Crippen LogP contribution in [-0.2, 0) is 28.4 Å². The summed E-state index contributed by atoms with van der Waals surface area (Å²) in [5, 5.41) is 0. The molecule has 6 rings (SSSR count). The van der Waals surface area contributed by atoms with E-state index < -0.39 is 0 Å². The minimum absolute atomic E-state index is 0.227. The maximum atomic E-state index is 6.62. The van der Waals surface area contributed by atoms with Crippen molar-refractivity contribution in [3.8, 4) is 0 Å². The number of fused-ring (bicyclic) bond motifs is 3. The predicted molar refractivity (Wildman–Crippen MR) is 119 cm³/mol. The monoisotopic (exact) mass is 450 g/mol. The van der Waals surface area contributed by atoms with Gasteiger partial charge in [-0.2, -0.15) is 0 Å². The molecular weight excluding hydrogens is 408 g/mol. The van der Waals surface area contributed by atoms with Crippen LogP contribution in [0.2, 0.25) is 0 Å². The van der Waals surface area contributed by atoms with E-state index in [1.807, 2.05) is 0 Å². The molecule has 0 N–H and O–H groups in total. The van der Waals surface area contributed by atoms with Crippen molar-refractivity contribution >= 4 is 0 Å². The standard InChI is InChI=1S/C26H42O6/c1-3-22(29-16-21-13-28-9-5-17(1)21)19-11-25-26(30-14-19)12-20(15-31-25)23-4-2-18-6-8-27-10-7-24(18)32-23/h17-26H,1-16H2. The van der Waals surface area contributed by atoms with Crippen molar-refractivity contribution in [1.82, 2.24) is 0 Å². The Morgan fingerprint density at radius 3 is 1.84 bits per heavy atom. The maximum Gasteiger partial charge on any atom is 0.0841 e. The Morgan fingerprint density at radius 1 is 0.375 bits per heavy atom. The Bertz CT molecular complexity index is 581. The zero-order valence-corrected chi connectivity index (χ0v) is 19.5. The Labute approximate surface area is 193 Å². The van der Waals surface area contributed by atoms with Crippen molar-refractivity contribution < 1.29 is 28.4 Å². The van der Waals surface area contributed by atoms with Crippen molar-refractivity contribution in [2.45, 2.75) is 88.3 Å². The lowest BCUT2D eigenvalue weighted by Gasteiger charge is -2.46. The summed E-state index contributed by atoms with van der Waals surface area (Å²) < 4.78 is 37.3. The molecule has 6 heterocycles. The fourth-order valence-electron chi connectivity index (χ4n) is 7.37. The molecule has 182 valence electrons. The van der Waals surface area contributed by atoms with E-state index in [0.717, 1.165) is 90.7 Å². The van der Waals surface area contributed by atoms with Crippen LogP contribution in [0.3, 0.4) is 0 Å². The molecule has 0 aromatic heterocycles. The van der Waals surface area contributed by atoms with Crippen molar-refractivity contribution in [3.05, 3.63) is 0 Å². The van der Waals surface area contributed by atoms with Gasteiger partial charge in [0.1, 0.15) is 0 Å². The van der Waals surface area contributed by atoms with E-state index >= 15 is 0 Å². The molecular formula is C26H42O6. The van der Waals surface area contributed by atoms with Crippen LogP contribution in [0.15, 0.2) is 0 Å². The van der Waals surface area contributed by atoms with Gasteiger partial charge in [0, 0.05) is 37.6 Å². The lowest BCUT2D eigenvalue weighted by atomic mass is 9.79. The van der Waals surface area contributed by atoms with Gasteiger partial charge in [0.05, 0.1) is 56.9 Å². The van der Waals surface area contributed by atoms with Crippen LogP contribution in [0, 0.1) is 29.6 Å². The number of hydrogen-bond donors (Lipinski definition) is 0. The molecule has 10 atom stereocenters. The molecule has 6 aliphatic rings. The normalized spacial score (nSPS) is 50.2. The highest BCUT2D eigenvalue weighted by Gasteiger charge is 2.45. The Kier molecular flexibility index (Phi) is 7.07. The summed E-state index contributed by atoms with van der Waals surface area (Å²) in [7, 11) is 0. The fourth-order valence-corrected chi connectivity index (χ4v) is 7.37. The topological polar surface area (TPSA) is 55.4 Å². The minimum atomic E-state index is 0.227. The zero-order chi connectivity index (χ0) is 21.3. The number of rotatable bonds is 2. The summed E-state index contributed by atoms with van der Waals surface area (Å²) in [4.78, 5) is 0. The smallest absolute Gasteiger partial charge is 0.0841 e. The maximum absolute atomic E-state index is 6.62. The fraction of sp³-hybridized carbons (Fsp3) is 1.00. The molecule has 6 nitrogen and oxygen atoms in total. The third-order valence-corrected chi connectivity index (χ3v) is 9.44.